The van der Waals surface area contributed by atoms with Crippen molar-refractivity contribution in [3.63, 3.8) is 0 Å². The van der Waals surface area contributed by atoms with Gasteiger partial charge in [-0.2, -0.15) is 11.3 Å². The second kappa shape index (κ2) is 6.61. The maximum absolute atomic E-state index is 10.2. The van der Waals surface area contributed by atoms with Crippen LogP contribution in [0.15, 0.2) is 21.8 Å². The Morgan fingerprint density at radius 1 is 1.65 bits per heavy atom. The van der Waals surface area contributed by atoms with Gasteiger partial charge in [0.1, 0.15) is 5.60 Å². The van der Waals surface area contributed by atoms with Gasteiger partial charge in [-0.15, -0.1) is 0 Å². The summed E-state index contributed by atoms with van der Waals surface area (Å²) in [4.78, 5) is 4.16. The predicted octanol–water partition coefficient (Wildman–Crippen LogP) is 1.66. The molecule has 0 aromatic carbocycles. The van der Waals surface area contributed by atoms with Crippen LogP contribution in [0.1, 0.15) is 32.3 Å². The monoisotopic (exact) mass is 255 g/mol. The number of nitrogens with one attached hydrogen (secondary N) is 1. The minimum absolute atomic E-state index is 0.273. The second-order valence-corrected chi connectivity index (χ2v) is 5.05. The van der Waals surface area contributed by atoms with E-state index in [1.54, 1.807) is 18.3 Å². The number of thiophene rings is 1. The van der Waals surface area contributed by atoms with Gasteiger partial charge in [-0.3, -0.25) is 4.99 Å². The molecule has 0 saturated carbocycles. The van der Waals surface area contributed by atoms with Crippen LogP contribution in [0.4, 0.5) is 0 Å². The van der Waals surface area contributed by atoms with Gasteiger partial charge in [0.25, 0.3) is 0 Å². The van der Waals surface area contributed by atoms with Crippen molar-refractivity contribution >= 4 is 17.3 Å². The van der Waals surface area contributed by atoms with Gasteiger partial charge < -0.3 is 16.2 Å². The number of hydrogen-bond acceptors (Lipinski definition) is 3. The Bertz CT molecular complexity index is 347. The zero-order valence-corrected chi connectivity index (χ0v) is 11.3. The molecule has 17 heavy (non-hydrogen) atoms. The lowest BCUT2D eigenvalue weighted by Gasteiger charge is -2.20. The third kappa shape index (κ3) is 4.75. The summed E-state index contributed by atoms with van der Waals surface area (Å²) in [5.74, 6) is 0.397. The molecule has 1 heterocycles. The van der Waals surface area contributed by atoms with E-state index in [1.165, 1.54) is 0 Å². The predicted molar refractivity (Wildman–Crippen MR) is 73.3 cm³/mol. The average Bonchev–Trinajstić information content (AvgIpc) is 2.81. The van der Waals surface area contributed by atoms with E-state index in [-0.39, 0.29) is 6.54 Å². The molecule has 0 saturated heterocycles. The summed E-state index contributed by atoms with van der Waals surface area (Å²) in [7, 11) is 0. The fraction of sp³-hybridized carbons (Fsp3) is 0.583. The van der Waals surface area contributed by atoms with Crippen LogP contribution in [0.3, 0.4) is 0 Å². The summed E-state index contributed by atoms with van der Waals surface area (Å²) in [6, 6.07) is 1.90. The van der Waals surface area contributed by atoms with Crippen LogP contribution in [0, 0.1) is 0 Å². The molecule has 0 aliphatic heterocycles. The van der Waals surface area contributed by atoms with Crippen molar-refractivity contribution in [2.45, 2.75) is 32.3 Å². The largest absolute Gasteiger partial charge is 0.383 e. The molecular weight excluding hydrogens is 234 g/mol. The van der Waals surface area contributed by atoms with Crippen molar-refractivity contribution in [2.75, 3.05) is 13.1 Å². The zero-order chi connectivity index (χ0) is 12.7. The molecule has 0 aliphatic carbocycles. The van der Waals surface area contributed by atoms with Gasteiger partial charge in [-0.05, 0) is 35.7 Å². The Labute approximate surface area is 107 Å². The number of nitrogens with two attached hydrogens (primary N) is 1. The Kier molecular flexibility index (Phi) is 5.44. The van der Waals surface area contributed by atoms with E-state index in [9.17, 15) is 5.11 Å². The van der Waals surface area contributed by atoms with E-state index in [0.29, 0.717) is 5.96 Å². The van der Waals surface area contributed by atoms with E-state index in [4.69, 9.17) is 5.73 Å². The van der Waals surface area contributed by atoms with E-state index < -0.39 is 5.60 Å². The average molecular weight is 255 g/mol. The fourth-order valence-corrected chi connectivity index (χ4v) is 2.13. The first-order chi connectivity index (χ1) is 8.06. The van der Waals surface area contributed by atoms with Crippen LogP contribution < -0.4 is 11.1 Å². The van der Waals surface area contributed by atoms with Crippen LogP contribution >= 0.6 is 11.3 Å². The van der Waals surface area contributed by atoms with Crippen LogP contribution in [0.2, 0.25) is 0 Å². The maximum Gasteiger partial charge on any atom is 0.188 e. The fourth-order valence-electron chi connectivity index (χ4n) is 1.35. The number of rotatable bonds is 6. The highest BCUT2D eigenvalue weighted by Crippen LogP contribution is 2.22. The summed E-state index contributed by atoms with van der Waals surface area (Å²) in [6.45, 7) is 4.97. The molecule has 0 bridgehead atoms. The van der Waals surface area contributed by atoms with Crippen molar-refractivity contribution in [1.29, 1.82) is 0 Å². The van der Waals surface area contributed by atoms with Crippen molar-refractivity contribution in [1.82, 2.24) is 5.32 Å². The number of guanidine groups is 1. The normalized spacial score (nSPS) is 15.6. The van der Waals surface area contributed by atoms with Crippen LogP contribution in [0.25, 0.3) is 0 Å². The quantitative estimate of drug-likeness (QED) is 0.411. The summed E-state index contributed by atoms with van der Waals surface area (Å²) >= 11 is 1.56. The highest BCUT2D eigenvalue weighted by molar-refractivity contribution is 7.08. The lowest BCUT2D eigenvalue weighted by molar-refractivity contribution is 0.0678. The molecule has 1 aromatic rings. The molecule has 0 amide bonds. The van der Waals surface area contributed by atoms with Crippen LogP contribution in [-0.2, 0) is 5.60 Å². The summed E-state index contributed by atoms with van der Waals surface area (Å²) in [6.07, 6.45) is 2.18. The molecule has 0 aliphatic rings. The van der Waals surface area contributed by atoms with Gasteiger partial charge in [-0.25, -0.2) is 0 Å². The van der Waals surface area contributed by atoms with Gasteiger partial charge in [0.05, 0.1) is 6.54 Å². The number of nitrogens with zero attached hydrogens (tertiary/aromatic N) is 1. The molecule has 4 N–H and O–H groups in total. The lowest BCUT2D eigenvalue weighted by Crippen LogP contribution is -2.34. The minimum atomic E-state index is -0.947. The van der Waals surface area contributed by atoms with E-state index in [0.717, 1.165) is 24.9 Å². The summed E-state index contributed by atoms with van der Waals surface area (Å²) in [5, 5.41) is 17.1. The number of aliphatic imine (C=N–C) groups is 1. The first-order valence-corrected chi connectivity index (χ1v) is 6.79. The zero-order valence-electron chi connectivity index (χ0n) is 10.4. The maximum atomic E-state index is 10.2. The minimum Gasteiger partial charge on any atom is -0.383 e. The van der Waals surface area contributed by atoms with Gasteiger partial charge >= 0.3 is 0 Å². The molecule has 1 unspecified atom stereocenters. The standard InChI is InChI=1S/C12H21N3OS/c1-3-4-6-14-11(13)15-9-12(2,16)10-5-7-17-8-10/h5,7-8,16H,3-4,6,9H2,1-2H3,(H3,13,14,15). The Morgan fingerprint density at radius 2 is 2.41 bits per heavy atom. The highest BCUT2D eigenvalue weighted by Gasteiger charge is 2.22. The van der Waals surface area contributed by atoms with E-state index >= 15 is 0 Å². The number of hydrogen-bond donors (Lipinski definition) is 3. The van der Waals surface area contributed by atoms with Crippen molar-refractivity contribution in [3.8, 4) is 0 Å². The molecule has 0 fully saturated rings. The molecule has 0 radical (unpaired) electrons. The molecule has 1 rings (SSSR count). The Balaban J connectivity index is 2.45. The topological polar surface area (TPSA) is 70.6 Å². The second-order valence-electron chi connectivity index (χ2n) is 4.27. The van der Waals surface area contributed by atoms with Crippen molar-refractivity contribution < 1.29 is 5.11 Å². The third-order valence-electron chi connectivity index (χ3n) is 2.54. The van der Waals surface area contributed by atoms with E-state index in [1.807, 2.05) is 16.8 Å². The number of unbranched alkanes of at least 4 members (excludes halogenated alkanes) is 1. The van der Waals surface area contributed by atoms with Crippen molar-refractivity contribution in [2.24, 2.45) is 10.7 Å². The van der Waals surface area contributed by atoms with Gasteiger partial charge in [0.2, 0.25) is 0 Å². The molecule has 5 heteroatoms. The smallest absolute Gasteiger partial charge is 0.188 e. The lowest BCUT2D eigenvalue weighted by atomic mass is 10.00. The first kappa shape index (κ1) is 14.0. The first-order valence-electron chi connectivity index (χ1n) is 5.85. The molecule has 96 valence electrons. The molecule has 1 atom stereocenters. The highest BCUT2D eigenvalue weighted by atomic mass is 32.1. The van der Waals surface area contributed by atoms with Gasteiger partial charge in [0.15, 0.2) is 5.96 Å². The Hall–Kier alpha value is -1.07. The molecule has 4 nitrogen and oxygen atoms in total. The van der Waals surface area contributed by atoms with Crippen LogP contribution in [0.5, 0.6) is 0 Å². The Morgan fingerprint density at radius 3 is 3.00 bits per heavy atom. The number of aliphatic hydroxyl groups is 1. The summed E-state index contributed by atoms with van der Waals surface area (Å²) in [5.41, 5.74) is 5.64. The summed E-state index contributed by atoms with van der Waals surface area (Å²) < 4.78 is 0. The van der Waals surface area contributed by atoms with E-state index in [2.05, 4.69) is 17.2 Å². The van der Waals surface area contributed by atoms with Gasteiger partial charge in [-0.1, -0.05) is 13.3 Å². The molecule has 0 spiro atoms. The van der Waals surface area contributed by atoms with Gasteiger partial charge in [0, 0.05) is 6.54 Å². The van der Waals surface area contributed by atoms with Crippen LogP contribution in [-0.4, -0.2) is 24.2 Å². The van der Waals surface area contributed by atoms with Crippen molar-refractivity contribution in [3.05, 3.63) is 22.4 Å². The molecule has 1 aromatic heterocycles. The SMILES string of the molecule is CCCCNC(N)=NCC(C)(O)c1ccsc1. The third-order valence-corrected chi connectivity index (χ3v) is 3.22. The molecular formula is C12H21N3OS.